The molecule has 4 saturated heterocycles. The Balaban J connectivity index is 1.66. The van der Waals surface area contributed by atoms with E-state index in [9.17, 15) is 0 Å². The van der Waals surface area contributed by atoms with Crippen molar-refractivity contribution in [3.63, 3.8) is 0 Å². The summed E-state index contributed by atoms with van der Waals surface area (Å²) in [6.45, 7) is 14.9. The summed E-state index contributed by atoms with van der Waals surface area (Å²) in [6, 6.07) is 0. The van der Waals surface area contributed by atoms with Crippen molar-refractivity contribution in [3.05, 3.63) is 0 Å². The largest absolute Gasteiger partial charge is 0.411 e. The van der Waals surface area contributed by atoms with Gasteiger partial charge in [-0.1, -0.05) is 20.8 Å². The molecule has 6 heteroatoms. The molecule has 0 aromatic heterocycles. The van der Waals surface area contributed by atoms with Crippen LogP contribution in [0.2, 0.25) is 18.1 Å². The molecule has 1 saturated carbocycles. The van der Waals surface area contributed by atoms with Gasteiger partial charge >= 0.3 is 0 Å². The van der Waals surface area contributed by atoms with Crippen LogP contribution in [0.4, 0.5) is 0 Å². The lowest BCUT2D eigenvalue weighted by molar-refractivity contribution is -0.354. The van der Waals surface area contributed by atoms with Gasteiger partial charge in [0.25, 0.3) is 0 Å². The maximum absolute atomic E-state index is 7.26. The minimum Gasteiger partial charge on any atom is -0.411 e. The summed E-state index contributed by atoms with van der Waals surface area (Å²) < 4.78 is 34.5. The lowest BCUT2D eigenvalue weighted by Gasteiger charge is -2.67. The molecule has 4 heterocycles. The topological polar surface area (TPSA) is 46.2 Å². The van der Waals surface area contributed by atoms with E-state index < -0.39 is 25.1 Å². The van der Waals surface area contributed by atoms with Gasteiger partial charge in [-0.2, -0.15) is 0 Å². The molecule has 5 atom stereocenters. The Morgan fingerprint density at radius 1 is 0.733 bits per heavy atom. The van der Waals surface area contributed by atoms with Gasteiger partial charge in [0, 0.05) is 32.8 Å². The van der Waals surface area contributed by atoms with Crippen molar-refractivity contribution in [2.45, 2.75) is 125 Å². The molecule has 0 radical (unpaired) electrons. The lowest BCUT2D eigenvalue weighted by Crippen LogP contribution is -2.83. The van der Waals surface area contributed by atoms with Crippen LogP contribution in [0.25, 0.3) is 0 Å². The van der Waals surface area contributed by atoms with Gasteiger partial charge in [-0.05, 0) is 69.5 Å². The highest BCUT2D eigenvalue weighted by atomic mass is 28.4. The van der Waals surface area contributed by atoms with Gasteiger partial charge in [0.15, 0.2) is 8.32 Å². The van der Waals surface area contributed by atoms with Crippen LogP contribution in [-0.4, -0.2) is 63.3 Å². The van der Waals surface area contributed by atoms with Crippen molar-refractivity contribution < 1.29 is 23.4 Å². The molecule has 5 rings (SSSR count). The van der Waals surface area contributed by atoms with Gasteiger partial charge in [0.05, 0.1) is 6.10 Å². The van der Waals surface area contributed by atoms with Gasteiger partial charge in [0.2, 0.25) is 0 Å². The third-order valence-corrected chi connectivity index (χ3v) is 14.0. The van der Waals surface area contributed by atoms with Crippen LogP contribution < -0.4 is 0 Å². The number of ether oxygens (including phenoxy) is 4. The van der Waals surface area contributed by atoms with Crippen LogP contribution in [0.15, 0.2) is 0 Å². The van der Waals surface area contributed by atoms with E-state index in [1.165, 1.54) is 0 Å². The molecule has 0 N–H and O–H groups in total. The summed E-state index contributed by atoms with van der Waals surface area (Å²) in [5.41, 5.74) is -1.58. The van der Waals surface area contributed by atoms with Gasteiger partial charge in [-0.3, -0.25) is 0 Å². The van der Waals surface area contributed by atoms with Crippen LogP contribution in [0.5, 0.6) is 0 Å². The van der Waals surface area contributed by atoms with Crippen LogP contribution in [0, 0.1) is 0 Å². The van der Waals surface area contributed by atoms with Crippen LogP contribution in [0.1, 0.15) is 78.6 Å². The fourth-order valence-electron chi connectivity index (χ4n) is 7.29. The average Bonchev–Trinajstić information content (AvgIpc) is 3.45. The van der Waals surface area contributed by atoms with Crippen molar-refractivity contribution in [2.75, 3.05) is 26.4 Å². The number of hydrogen-bond acceptors (Lipinski definition) is 5. The molecule has 1 aliphatic carbocycles. The summed E-state index contributed by atoms with van der Waals surface area (Å²) >= 11 is 0. The highest BCUT2D eigenvalue weighted by molar-refractivity contribution is 6.74. The van der Waals surface area contributed by atoms with E-state index in [4.69, 9.17) is 23.4 Å². The number of fused-ring (bicyclic) bond motifs is 3. The molecular formula is C24H42O5Si. The van der Waals surface area contributed by atoms with Gasteiger partial charge in [-0.25, -0.2) is 0 Å². The molecule has 5 aliphatic rings. The molecule has 30 heavy (non-hydrogen) atoms. The number of hydrogen-bond donors (Lipinski definition) is 0. The third-order valence-electron chi connectivity index (χ3n) is 9.55. The monoisotopic (exact) mass is 438 g/mol. The molecule has 5 nitrogen and oxygen atoms in total. The molecule has 5 fully saturated rings. The highest BCUT2D eigenvalue weighted by Gasteiger charge is 2.81. The van der Waals surface area contributed by atoms with Crippen LogP contribution >= 0.6 is 0 Å². The Bertz CT molecular complexity index is 645. The second-order valence-electron chi connectivity index (χ2n) is 11.9. The van der Waals surface area contributed by atoms with Gasteiger partial charge in [-0.15, -0.1) is 0 Å². The summed E-state index contributed by atoms with van der Waals surface area (Å²) in [6.07, 6.45) is 9.28. The SMILES string of the molecule is CC(C)(C)[Si](C)(C)O[C@@H]1C[C@@]2(CCCO2)[C@@]2(CCCO2)[C@@]2(CCCO2)[C@@]12CCCO2. The first-order chi connectivity index (χ1) is 14.1. The highest BCUT2D eigenvalue weighted by Crippen LogP contribution is 2.67. The normalized spacial score (nSPS) is 46.9. The fraction of sp³-hybridized carbons (Fsp3) is 1.00. The Morgan fingerprint density at radius 2 is 1.30 bits per heavy atom. The van der Waals surface area contributed by atoms with Crippen molar-refractivity contribution >= 4 is 8.32 Å². The molecule has 4 aliphatic heterocycles. The third kappa shape index (κ3) is 2.64. The van der Waals surface area contributed by atoms with E-state index in [1.54, 1.807) is 0 Å². The standard InChI is InChI=1S/C24H42O5Si/c1-20(2,3)30(4,5)29-19-18-21(10-6-14-25-21)23(12-8-16-27-23)24(13-9-17-28-24)22(19)11-7-15-26-22/h19H,6-18H2,1-5H3/t19-,21+,22-,23+,24-/m1/s1. The molecule has 4 spiro atoms. The maximum Gasteiger partial charge on any atom is 0.192 e. The zero-order chi connectivity index (χ0) is 21.3. The van der Waals surface area contributed by atoms with E-state index in [0.717, 1.165) is 84.2 Å². The Hall–Kier alpha value is 0.0169. The molecule has 172 valence electrons. The quantitative estimate of drug-likeness (QED) is 0.569. The predicted molar refractivity (Wildman–Crippen MR) is 118 cm³/mol. The minimum atomic E-state index is -2.00. The number of rotatable bonds is 2. The first-order valence-corrected chi connectivity index (χ1v) is 15.3. The molecule has 0 unspecified atom stereocenters. The Labute approximate surface area is 183 Å². The first kappa shape index (κ1) is 21.8. The zero-order valence-corrected chi connectivity index (χ0v) is 20.8. The van der Waals surface area contributed by atoms with E-state index in [2.05, 4.69) is 33.9 Å². The zero-order valence-electron chi connectivity index (χ0n) is 19.8. The molecule has 0 bridgehead atoms. The second-order valence-corrected chi connectivity index (χ2v) is 16.7. The van der Waals surface area contributed by atoms with Crippen molar-refractivity contribution in [2.24, 2.45) is 0 Å². The lowest BCUT2D eigenvalue weighted by atomic mass is 9.52. The van der Waals surface area contributed by atoms with Crippen LogP contribution in [0.3, 0.4) is 0 Å². The summed E-state index contributed by atoms with van der Waals surface area (Å²) in [7, 11) is -2.00. The van der Waals surface area contributed by atoms with E-state index >= 15 is 0 Å². The Morgan fingerprint density at radius 3 is 1.80 bits per heavy atom. The van der Waals surface area contributed by atoms with E-state index in [-0.39, 0.29) is 16.7 Å². The van der Waals surface area contributed by atoms with E-state index in [0.29, 0.717) is 0 Å². The maximum atomic E-state index is 7.26. The summed E-state index contributed by atoms with van der Waals surface area (Å²) in [5.74, 6) is 0. The van der Waals surface area contributed by atoms with E-state index in [1.807, 2.05) is 0 Å². The molecule has 0 aromatic carbocycles. The molecule has 0 amide bonds. The second kappa shape index (κ2) is 7.01. The van der Waals surface area contributed by atoms with Gasteiger partial charge in [0.1, 0.15) is 22.4 Å². The summed E-state index contributed by atoms with van der Waals surface area (Å²) in [5, 5.41) is 0.152. The fourth-order valence-corrected chi connectivity index (χ4v) is 8.63. The van der Waals surface area contributed by atoms with Crippen molar-refractivity contribution in [1.82, 2.24) is 0 Å². The first-order valence-electron chi connectivity index (χ1n) is 12.4. The Kier molecular flexibility index (Phi) is 5.10. The van der Waals surface area contributed by atoms with Crippen LogP contribution in [-0.2, 0) is 23.4 Å². The minimum absolute atomic E-state index is 0.00640. The predicted octanol–water partition coefficient (Wildman–Crippen LogP) is 4.98. The van der Waals surface area contributed by atoms with Crippen molar-refractivity contribution in [1.29, 1.82) is 0 Å². The van der Waals surface area contributed by atoms with Gasteiger partial charge < -0.3 is 23.4 Å². The molecule has 0 aromatic rings. The average molecular weight is 439 g/mol. The van der Waals surface area contributed by atoms with Crippen molar-refractivity contribution in [3.8, 4) is 0 Å². The molecular weight excluding hydrogens is 396 g/mol. The summed E-state index contributed by atoms with van der Waals surface area (Å²) in [4.78, 5) is 0. The smallest absolute Gasteiger partial charge is 0.192 e.